The van der Waals surface area contributed by atoms with Crippen LogP contribution in [0.1, 0.15) is 6.42 Å². The van der Waals surface area contributed by atoms with Gasteiger partial charge in [0.15, 0.2) is 0 Å². The number of methoxy groups -OCH3 is 1. The molecule has 1 aromatic carbocycles. The molecule has 6 heteroatoms. The second-order valence-corrected chi connectivity index (χ2v) is 5.22. The minimum atomic E-state index is -0.527. The summed E-state index contributed by atoms with van der Waals surface area (Å²) in [6.45, 7) is 0.874. The van der Waals surface area contributed by atoms with Crippen molar-refractivity contribution in [2.24, 2.45) is 0 Å². The van der Waals surface area contributed by atoms with Crippen LogP contribution in [-0.2, 0) is 9.47 Å². The highest BCUT2D eigenvalue weighted by Gasteiger charge is 2.43. The van der Waals surface area contributed by atoms with Gasteiger partial charge in [0.1, 0.15) is 23.8 Å². The average molecular weight is 335 g/mol. The smallest absolute Gasteiger partial charge is 0.134 e. The van der Waals surface area contributed by atoms with E-state index in [1.807, 2.05) is 0 Å². The molecular weight excluding hydrogens is 319 g/mol. The van der Waals surface area contributed by atoms with Gasteiger partial charge in [-0.15, -0.1) is 0 Å². The number of hydrogen-bond donors (Lipinski definition) is 1. The third-order valence-corrected chi connectivity index (χ3v) is 3.61. The highest BCUT2D eigenvalue weighted by molar-refractivity contribution is 9.10. The number of ether oxygens (including phenoxy) is 3. The zero-order valence-corrected chi connectivity index (χ0v) is 12.1. The maximum absolute atomic E-state index is 13.0. The van der Waals surface area contributed by atoms with Crippen molar-refractivity contribution in [1.29, 1.82) is 0 Å². The van der Waals surface area contributed by atoms with E-state index >= 15 is 0 Å². The molecule has 4 nitrogen and oxygen atoms in total. The van der Waals surface area contributed by atoms with E-state index in [4.69, 9.17) is 14.2 Å². The summed E-state index contributed by atoms with van der Waals surface area (Å²) >= 11 is 3.24. The van der Waals surface area contributed by atoms with Crippen LogP contribution in [0, 0.1) is 5.82 Å². The summed E-state index contributed by atoms with van der Waals surface area (Å²) in [7, 11) is 1.59. The summed E-state index contributed by atoms with van der Waals surface area (Å²) in [4.78, 5) is 0. The van der Waals surface area contributed by atoms with Crippen LogP contribution < -0.4 is 4.74 Å². The molecule has 1 aromatic rings. The number of aliphatic hydroxyl groups excluding tert-OH is 1. The summed E-state index contributed by atoms with van der Waals surface area (Å²) in [5.41, 5.74) is 0. The van der Waals surface area contributed by atoms with Gasteiger partial charge in [0.25, 0.3) is 0 Å². The SMILES string of the molecule is COCCOC1C(O)CC1Oc1ccc(F)cc1Br. The molecule has 0 heterocycles. The molecule has 2 rings (SSSR count). The molecule has 106 valence electrons. The Bertz CT molecular complexity index is 429. The van der Waals surface area contributed by atoms with Crippen molar-refractivity contribution in [3.8, 4) is 5.75 Å². The zero-order chi connectivity index (χ0) is 13.8. The average Bonchev–Trinajstić information content (AvgIpc) is 2.37. The van der Waals surface area contributed by atoms with Gasteiger partial charge in [-0.3, -0.25) is 0 Å². The van der Waals surface area contributed by atoms with Crippen molar-refractivity contribution >= 4 is 15.9 Å². The summed E-state index contributed by atoms with van der Waals surface area (Å²) in [5, 5.41) is 9.65. The van der Waals surface area contributed by atoms with Gasteiger partial charge >= 0.3 is 0 Å². The Morgan fingerprint density at radius 2 is 2.21 bits per heavy atom. The summed E-state index contributed by atoms with van der Waals surface area (Å²) < 4.78 is 29.6. The van der Waals surface area contributed by atoms with E-state index in [0.717, 1.165) is 0 Å². The Labute approximate surface area is 119 Å². The lowest BCUT2D eigenvalue weighted by Gasteiger charge is -2.40. The van der Waals surface area contributed by atoms with Crippen LogP contribution >= 0.6 is 15.9 Å². The van der Waals surface area contributed by atoms with Crippen LogP contribution in [0.3, 0.4) is 0 Å². The Morgan fingerprint density at radius 1 is 1.42 bits per heavy atom. The first-order chi connectivity index (χ1) is 9.11. The minimum Gasteiger partial charge on any atom is -0.486 e. The third kappa shape index (κ3) is 3.66. The first-order valence-electron chi connectivity index (χ1n) is 6.02. The second kappa shape index (κ2) is 6.65. The Balaban J connectivity index is 1.91. The fourth-order valence-corrected chi connectivity index (χ4v) is 2.34. The molecule has 0 aromatic heterocycles. The second-order valence-electron chi connectivity index (χ2n) is 4.36. The largest absolute Gasteiger partial charge is 0.486 e. The lowest BCUT2D eigenvalue weighted by Crippen LogP contribution is -2.55. The Kier molecular flexibility index (Phi) is 5.15. The van der Waals surface area contributed by atoms with E-state index in [1.54, 1.807) is 13.2 Å². The van der Waals surface area contributed by atoms with E-state index in [0.29, 0.717) is 29.9 Å². The molecule has 3 unspecified atom stereocenters. The molecule has 1 aliphatic carbocycles. The van der Waals surface area contributed by atoms with Crippen molar-refractivity contribution in [2.75, 3.05) is 20.3 Å². The lowest BCUT2D eigenvalue weighted by atomic mass is 9.88. The Hall–Kier alpha value is -0.690. The molecular formula is C13H16BrFO4. The molecule has 1 fully saturated rings. The normalized spacial score (nSPS) is 26.0. The molecule has 0 saturated heterocycles. The number of halogens is 2. The van der Waals surface area contributed by atoms with Crippen LogP contribution in [0.2, 0.25) is 0 Å². The first kappa shape index (κ1) is 14.7. The monoisotopic (exact) mass is 334 g/mol. The van der Waals surface area contributed by atoms with Crippen molar-refractivity contribution in [3.05, 3.63) is 28.5 Å². The first-order valence-corrected chi connectivity index (χ1v) is 6.81. The molecule has 1 aliphatic rings. The van der Waals surface area contributed by atoms with Gasteiger partial charge in [-0.25, -0.2) is 4.39 Å². The molecule has 0 bridgehead atoms. The van der Waals surface area contributed by atoms with Crippen LogP contribution in [0.25, 0.3) is 0 Å². The fraction of sp³-hybridized carbons (Fsp3) is 0.538. The molecule has 0 aliphatic heterocycles. The topological polar surface area (TPSA) is 47.9 Å². The molecule has 1 saturated carbocycles. The molecule has 0 spiro atoms. The van der Waals surface area contributed by atoms with Crippen LogP contribution in [-0.4, -0.2) is 43.7 Å². The van der Waals surface area contributed by atoms with Gasteiger partial charge in [0, 0.05) is 13.5 Å². The fourth-order valence-electron chi connectivity index (χ4n) is 1.89. The maximum atomic E-state index is 13.0. The van der Waals surface area contributed by atoms with Crippen LogP contribution in [0.15, 0.2) is 22.7 Å². The van der Waals surface area contributed by atoms with Crippen molar-refractivity contribution < 1.29 is 23.7 Å². The summed E-state index contributed by atoms with van der Waals surface area (Å²) in [5.74, 6) is 0.208. The lowest BCUT2D eigenvalue weighted by molar-refractivity contribution is -0.167. The number of hydrogen-bond acceptors (Lipinski definition) is 4. The van der Waals surface area contributed by atoms with E-state index in [-0.39, 0.29) is 18.0 Å². The van der Waals surface area contributed by atoms with Crippen LogP contribution in [0.5, 0.6) is 5.75 Å². The Morgan fingerprint density at radius 3 is 2.84 bits per heavy atom. The van der Waals surface area contributed by atoms with Crippen molar-refractivity contribution in [2.45, 2.75) is 24.7 Å². The highest BCUT2D eigenvalue weighted by atomic mass is 79.9. The van der Waals surface area contributed by atoms with Gasteiger partial charge < -0.3 is 19.3 Å². The zero-order valence-electron chi connectivity index (χ0n) is 10.5. The standard InChI is InChI=1S/C13H16BrFO4/c1-17-4-5-18-13-10(16)7-12(13)19-11-3-2-8(15)6-9(11)14/h2-3,6,10,12-13,16H,4-5,7H2,1H3. The van der Waals surface area contributed by atoms with Gasteiger partial charge in [0.05, 0.1) is 23.8 Å². The van der Waals surface area contributed by atoms with E-state index < -0.39 is 6.10 Å². The van der Waals surface area contributed by atoms with E-state index in [1.165, 1.54) is 12.1 Å². The van der Waals surface area contributed by atoms with Gasteiger partial charge in [-0.05, 0) is 34.1 Å². The third-order valence-electron chi connectivity index (χ3n) is 2.99. The van der Waals surface area contributed by atoms with Crippen molar-refractivity contribution in [1.82, 2.24) is 0 Å². The molecule has 3 atom stereocenters. The predicted octanol–water partition coefficient (Wildman–Crippen LogP) is 2.13. The van der Waals surface area contributed by atoms with Gasteiger partial charge in [-0.1, -0.05) is 0 Å². The van der Waals surface area contributed by atoms with Crippen molar-refractivity contribution in [3.63, 3.8) is 0 Å². The number of benzene rings is 1. The molecule has 19 heavy (non-hydrogen) atoms. The predicted molar refractivity (Wildman–Crippen MR) is 70.8 cm³/mol. The quantitative estimate of drug-likeness (QED) is 0.809. The van der Waals surface area contributed by atoms with E-state index in [9.17, 15) is 9.50 Å². The summed E-state index contributed by atoms with van der Waals surface area (Å²) in [6, 6.07) is 4.22. The molecule has 0 amide bonds. The highest BCUT2D eigenvalue weighted by Crippen LogP contribution is 2.33. The van der Waals surface area contributed by atoms with Gasteiger partial charge in [0.2, 0.25) is 0 Å². The van der Waals surface area contributed by atoms with Gasteiger partial charge in [-0.2, -0.15) is 0 Å². The van der Waals surface area contributed by atoms with E-state index in [2.05, 4.69) is 15.9 Å². The summed E-state index contributed by atoms with van der Waals surface area (Å²) in [6.07, 6.45) is -0.622. The number of aliphatic hydroxyl groups is 1. The molecule has 1 N–H and O–H groups in total. The number of rotatable bonds is 6. The minimum absolute atomic E-state index is 0.228. The molecule has 0 radical (unpaired) electrons. The van der Waals surface area contributed by atoms with Crippen LogP contribution in [0.4, 0.5) is 4.39 Å². The maximum Gasteiger partial charge on any atom is 0.134 e.